The van der Waals surface area contributed by atoms with Crippen molar-refractivity contribution in [2.24, 2.45) is 5.92 Å². The average Bonchev–Trinajstić information content (AvgIpc) is 3.33. The summed E-state index contributed by atoms with van der Waals surface area (Å²) in [6.07, 6.45) is 2.83. The number of carbonyl (C=O) groups excluding carboxylic acids is 1. The molecule has 0 bridgehead atoms. The van der Waals surface area contributed by atoms with E-state index in [4.69, 9.17) is 21.1 Å². The number of nitrogens with one attached hydrogen (secondary N) is 1. The number of carbonyl (C=O) groups is 1. The van der Waals surface area contributed by atoms with Crippen LogP contribution in [0, 0.1) is 5.92 Å². The first-order valence-electron chi connectivity index (χ1n) is 13.7. The molecule has 202 valence electrons. The van der Waals surface area contributed by atoms with Crippen LogP contribution in [0.15, 0.2) is 72.8 Å². The zero-order valence-electron chi connectivity index (χ0n) is 22.2. The highest BCUT2D eigenvalue weighted by Gasteiger charge is 2.35. The molecule has 2 aliphatic rings. The van der Waals surface area contributed by atoms with E-state index in [-0.39, 0.29) is 18.7 Å². The van der Waals surface area contributed by atoms with Gasteiger partial charge in [0.25, 0.3) is 0 Å². The summed E-state index contributed by atoms with van der Waals surface area (Å²) in [5.41, 5.74) is 5.20. The Labute approximate surface area is 234 Å². The van der Waals surface area contributed by atoms with Gasteiger partial charge in [-0.1, -0.05) is 54.1 Å². The molecule has 7 heteroatoms. The Morgan fingerprint density at radius 2 is 1.87 bits per heavy atom. The molecule has 6 rings (SSSR count). The molecule has 0 radical (unpaired) electrons. The number of rotatable bonds is 6. The predicted molar refractivity (Wildman–Crippen MR) is 154 cm³/mol. The number of nitrogens with zero attached hydrogens (tertiary/aromatic N) is 2. The van der Waals surface area contributed by atoms with Gasteiger partial charge in [-0.25, -0.2) is 4.79 Å². The fraction of sp³-hybridized carbons (Fsp3) is 0.344. The lowest BCUT2D eigenvalue weighted by Gasteiger charge is -2.35. The van der Waals surface area contributed by atoms with Gasteiger partial charge in [-0.2, -0.15) is 0 Å². The van der Waals surface area contributed by atoms with Gasteiger partial charge in [-0.05, 0) is 79.9 Å². The molecule has 0 saturated carbocycles. The average molecular weight is 544 g/mol. The second-order valence-electron chi connectivity index (χ2n) is 10.7. The summed E-state index contributed by atoms with van der Waals surface area (Å²) in [6, 6.07) is 23.5. The molecule has 3 aromatic carbocycles. The van der Waals surface area contributed by atoms with Crippen molar-refractivity contribution in [2.75, 3.05) is 33.3 Å². The van der Waals surface area contributed by atoms with Crippen molar-refractivity contribution in [3.8, 4) is 5.75 Å². The van der Waals surface area contributed by atoms with Crippen molar-refractivity contribution >= 4 is 28.6 Å². The van der Waals surface area contributed by atoms with Crippen LogP contribution in [0.4, 0.5) is 4.79 Å². The maximum absolute atomic E-state index is 13.4. The summed E-state index contributed by atoms with van der Waals surface area (Å²) in [7, 11) is 2.17. The third kappa shape index (κ3) is 5.63. The molecule has 1 fully saturated rings. The minimum absolute atomic E-state index is 0.237. The van der Waals surface area contributed by atoms with Gasteiger partial charge in [0.15, 0.2) is 0 Å². The SMILES string of the molecule is CN1CCCC(COc2ccc(C3c4[nH]c5ccc(Cl)cc5c4CCN3C(=O)OCc3ccccc3)cc2)C1. The molecule has 0 aliphatic carbocycles. The Balaban J connectivity index is 1.26. The van der Waals surface area contributed by atoms with Crippen LogP contribution in [-0.4, -0.2) is 54.2 Å². The van der Waals surface area contributed by atoms with Gasteiger partial charge in [0.2, 0.25) is 0 Å². The van der Waals surface area contributed by atoms with Gasteiger partial charge in [0.1, 0.15) is 18.4 Å². The van der Waals surface area contributed by atoms with E-state index in [0.29, 0.717) is 17.5 Å². The second-order valence-corrected chi connectivity index (χ2v) is 11.2. The Kier molecular flexibility index (Phi) is 7.49. The Morgan fingerprint density at radius 3 is 2.67 bits per heavy atom. The topological polar surface area (TPSA) is 57.8 Å². The highest BCUT2D eigenvalue weighted by Crippen LogP contribution is 2.40. The quantitative estimate of drug-likeness (QED) is 0.290. The molecular weight excluding hydrogens is 510 g/mol. The predicted octanol–water partition coefficient (Wildman–Crippen LogP) is 6.83. The number of amides is 1. The van der Waals surface area contributed by atoms with E-state index < -0.39 is 0 Å². The monoisotopic (exact) mass is 543 g/mol. The van der Waals surface area contributed by atoms with Crippen molar-refractivity contribution in [3.05, 3.63) is 100 Å². The van der Waals surface area contributed by atoms with Crippen LogP contribution in [0.25, 0.3) is 10.9 Å². The van der Waals surface area contributed by atoms with Gasteiger partial charge in [-0.15, -0.1) is 0 Å². The summed E-state index contributed by atoms with van der Waals surface area (Å²) >= 11 is 6.35. The maximum Gasteiger partial charge on any atom is 0.410 e. The number of hydrogen-bond acceptors (Lipinski definition) is 4. The van der Waals surface area contributed by atoms with Gasteiger partial charge in [0.05, 0.1) is 6.61 Å². The molecular formula is C32H34ClN3O3. The number of hydrogen-bond donors (Lipinski definition) is 1. The van der Waals surface area contributed by atoms with Crippen molar-refractivity contribution < 1.29 is 14.3 Å². The fourth-order valence-electron chi connectivity index (χ4n) is 5.98. The lowest BCUT2D eigenvalue weighted by atomic mass is 9.92. The first kappa shape index (κ1) is 25.8. The molecule has 1 aromatic heterocycles. The van der Waals surface area contributed by atoms with Gasteiger partial charge in [0, 0.05) is 40.6 Å². The van der Waals surface area contributed by atoms with Crippen LogP contribution < -0.4 is 4.74 Å². The number of piperidine rings is 1. The van der Waals surface area contributed by atoms with E-state index in [2.05, 4.69) is 29.1 Å². The number of aromatic nitrogens is 1. The number of H-pyrrole nitrogens is 1. The zero-order valence-corrected chi connectivity index (χ0v) is 23.0. The minimum Gasteiger partial charge on any atom is -0.493 e. The largest absolute Gasteiger partial charge is 0.493 e. The van der Waals surface area contributed by atoms with Gasteiger partial charge < -0.3 is 19.4 Å². The van der Waals surface area contributed by atoms with Crippen LogP contribution in [0.5, 0.6) is 5.75 Å². The third-order valence-electron chi connectivity index (χ3n) is 7.93. The smallest absolute Gasteiger partial charge is 0.410 e. The molecule has 3 heterocycles. The number of fused-ring (bicyclic) bond motifs is 3. The highest BCUT2D eigenvalue weighted by atomic mass is 35.5. The van der Waals surface area contributed by atoms with E-state index in [1.807, 2.05) is 65.6 Å². The Morgan fingerprint density at radius 1 is 1.05 bits per heavy atom. The van der Waals surface area contributed by atoms with E-state index in [9.17, 15) is 4.79 Å². The van der Waals surface area contributed by atoms with Crippen LogP contribution in [-0.2, 0) is 17.8 Å². The van der Waals surface area contributed by atoms with E-state index >= 15 is 0 Å². The number of halogens is 1. The minimum atomic E-state index is -0.326. The molecule has 1 amide bonds. The van der Waals surface area contributed by atoms with Crippen molar-refractivity contribution in [2.45, 2.75) is 31.9 Å². The van der Waals surface area contributed by atoms with Crippen LogP contribution in [0.2, 0.25) is 5.02 Å². The molecule has 2 aliphatic heterocycles. The molecule has 0 spiro atoms. The van der Waals surface area contributed by atoms with Crippen LogP contribution >= 0.6 is 11.6 Å². The number of benzene rings is 3. The van der Waals surface area contributed by atoms with Crippen molar-refractivity contribution in [3.63, 3.8) is 0 Å². The van der Waals surface area contributed by atoms with Crippen LogP contribution in [0.3, 0.4) is 0 Å². The van der Waals surface area contributed by atoms with Crippen LogP contribution in [0.1, 0.15) is 41.3 Å². The third-order valence-corrected chi connectivity index (χ3v) is 8.17. The number of aromatic amines is 1. The number of ether oxygens (including phenoxy) is 2. The van der Waals surface area contributed by atoms with Crippen molar-refractivity contribution in [1.82, 2.24) is 14.8 Å². The lowest BCUT2D eigenvalue weighted by molar-refractivity contribution is 0.0832. The molecule has 1 saturated heterocycles. The molecule has 2 unspecified atom stereocenters. The zero-order chi connectivity index (χ0) is 26.8. The standard InChI is InChI=1S/C32H34ClN3O3/c1-35-16-5-8-23(19-35)21-38-26-12-9-24(10-13-26)31-30-27(28-18-25(33)11-14-29(28)34-30)15-17-36(31)32(37)39-20-22-6-3-2-4-7-22/h2-4,6-7,9-14,18,23,31,34H,5,8,15-17,19-21H2,1H3. The van der Waals surface area contributed by atoms with Gasteiger partial charge in [-0.3, -0.25) is 4.90 Å². The maximum atomic E-state index is 13.4. The normalized spacial score (nSPS) is 19.6. The molecule has 2 atom stereocenters. The Bertz CT molecular complexity index is 1440. The first-order valence-corrected chi connectivity index (χ1v) is 14.1. The van der Waals surface area contributed by atoms with E-state index in [0.717, 1.165) is 53.0 Å². The molecule has 1 N–H and O–H groups in total. The van der Waals surface area contributed by atoms with Gasteiger partial charge >= 0.3 is 6.09 Å². The van der Waals surface area contributed by atoms with E-state index in [1.54, 1.807) is 0 Å². The summed E-state index contributed by atoms with van der Waals surface area (Å²) in [4.78, 5) is 21.2. The lowest BCUT2D eigenvalue weighted by Crippen LogP contribution is -2.40. The molecule has 4 aromatic rings. The van der Waals surface area contributed by atoms with Crippen molar-refractivity contribution in [1.29, 1.82) is 0 Å². The summed E-state index contributed by atoms with van der Waals surface area (Å²) < 4.78 is 12.0. The first-order chi connectivity index (χ1) is 19.0. The molecule has 39 heavy (non-hydrogen) atoms. The highest BCUT2D eigenvalue weighted by molar-refractivity contribution is 6.31. The summed E-state index contributed by atoms with van der Waals surface area (Å²) in [5.74, 6) is 1.40. The fourth-order valence-corrected chi connectivity index (χ4v) is 6.15. The van der Waals surface area contributed by atoms with E-state index in [1.165, 1.54) is 24.9 Å². The Hall–Kier alpha value is -3.48. The molecule has 6 nitrogen and oxygen atoms in total. The number of likely N-dealkylation sites (tertiary alicyclic amines) is 1. The second kappa shape index (κ2) is 11.3. The summed E-state index contributed by atoms with van der Waals surface area (Å²) in [6.45, 7) is 3.75. The summed E-state index contributed by atoms with van der Waals surface area (Å²) in [5, 5.41) is 1.81.